The highest BCUT2D eigenvalue weighted by atomic mass is 35.5. The number of rotatable bonds is 2. The molecule has 0 aliphatic carbocycles. The van der Waals surface area contributed by atoms with Crippen LogP contribution in [-0.4, -0.2) is 53.8 Å². The van der Waals surface area contributed by atoms with Crippen LogP contribution in [0.4, 0.5) is 0 Å². The van der Waals surface area contributed by atoms with E-state index in [1.165, 1.54) is 0 Å². The molecule has 134 valence electrons. The monoisotopic (exact) mass is 345 g/mol. The minimum absolute atomic E-state index is 0. The maximum Gasteiger partial charge on any atom is 0.227 e. The number of likely N-dealkylation sites (tertiary alicyclic amines) is 2. The Balaban J connectivity index is 0.00000264. The van der Waals surface area contributed by atoms with Gasteiger partial charge in [-0.15, -0.1) is 12.4 Å². The largest absolute Gasteiger partial charge is 0.341 e. The van der Waals surface area contributed by atoms with Gasteiger partial charge >= 0.3 is 0 Å². The summed E-state index contributed by atoms with van der Waals surface area (Å²) in [6, 6.07) is 0.190. The number of nitrogens with two attached hydrogens (primary N) is 1. The molecule has 0 radical (unpaired) electrons. The lowest BCUT2D eigenvalue weighted by Gasteiger charge is -2.41. The van der Waals surface area contributed by atoms with Crippen molar-refractivity contribution < 1.29 is 9.59 Å². The summed E-state index contributed by atoms with van der Waals surface area (Å²) in [5.74, 6) is 0.313. The van der Waals surface area contributed by atoms with E-state index in [0.29, 0.717) is 13.1 Å². The maximum atomic E-state index is 12.9. The van der Waals surface area contributed by atoms with Crippen molar-refractivity contribution in [2.45, 2.75) is 58.9 Å². The van der Waals surface area contributed by atoms with Crippen LogP contribution < -0.4 is 5.73 Å². The summed E-state index contributed by atoms with van der Waals surface area (Å²) in [6.45, 7) is 8.54. The van der Waals surface area contributed by atoms with Crippen molar-refractivity contribution in [3.63, 3.8) is 0 Å². The number of piperidine rings is 2. The average Bonchev–Trinajstić information content (AvgIpc) is 2.52. The minimum atomic E-state index is -0.379. The molecule has 2 aliphatic heterocycles. The molecule has 6 heteroatoms. The SMILES string of the molecule is CC(C)(C)C(=O)N1CCCC(C(=O)N2CCCCC2CN)C1.Cl. The average molecular weight is 346 g/mol. The molecule has 0 aromatic rings. The summed E-state index contributed by atoms with van der Waals surface area (Å²) in [5.41, 5.74) is 5.46. The second-order valence-electron chi connectivity index (χ2n) is 7.76. The van der Waals surface area contributed by atoms with Gasteiger partial charge in [-0.05, 0) is 32.1 Å². The predicted molar refractivity (Wildman–Crippen MR) is 94.4 cm³/mol. The molecule has 0 aromatic heterocycles. The molecule has 0 spiro atoms. The Morgan fingerprint density at radius 2 is 1.78 bits per heavy atom. The van der Waals surface area contributed by atoms with Gasteiger partial charge in [0.15, 0.2) is 0 Å². The highest BCUT2D eigenvalue weighted by molar-refractivity contribution is 5.85. The molecule has 2 amide bonds. The van der Waals surface area contributed by atoms with E-state index < -0.39 is 0 Å². The zero-order chi connectivity index (χ0) is 16.3. The van der Waals surface area contributed by atoms with Crippen LogP contribution in [0, 0.1) is 11.3 Å². The molecular weight excluding hydrogens is 314 g/mol. The Labute approximate surface area is 146 Å². The first kappa shape index (κ1) is 20.2. The number of amides is 2. The van der Waals surface area contributed by atoms with Crippen LogP contribution >= 0.6 is 12.4 Å². The number of carbonyl (C=O) groups is 2. The highest BCUT2D eigenvalue weighted by Crippen LogP contribution is 2.26. The second-order valence-corrected chi connectivity index (χ2v) is 7.76. The quantitative estimate of drug-likeness (QED) is 0.832. The van der Waals surface area contributed by atoms with Crippen molar-refractivity contribution >= 4 is 24.2 Å². The molecule has 2 atom stereocenters. The Hall–Kier alpha value is -0.810. The fourth-order valence-electron chi connectivity index (χ4n) is 3.61. The zero-order valence-electron chi connectivity index (χ0n) is 14.7. The summed E-state index contributed by atoms with van der Waals surface area (Å²) in [6.07, 6.45) is 5.05. The van der Waals surface area contributed by atoms with Crippen molar-refractivity contribution in [1.82, 2.24) is 9.80 Å². The van der Waals surface area contributed by atoms with Crippen LogP contribution in [0.25, 0.3) is 0 Å². The van der Waals surface area contributed by atoms with E-state index in [4.69, 9.17) is 5.73 Å². The molecule has 2 rings (SSSR count). The molecule has 23 heavy (non-hydrogen) atoms. The number of nitrogens with zero attached hydrogens (tertiary/aromatic N) is 2. The Bertz CT molecular complexity index is 423. The first-order valence-electron chi connectivity index (χ1n) is 8.64. The van der Waals surface area contributed by atoms with E-state index >= 15 is 0 Å². The molecule has 2 N–H and O–H groups in total. The van der Waals surface area contributed by atoms with Gasteiger partial charge in [0.2, 0.25) is 11.8 Å². The Morgan fingerprint density at radius 3 is 2.39 bits per heavy atom. The molecule has 2 heterocycles. The van der Waals surface area contributed by atoms with Crippen LogP contribution in [0.3, 0.4) is 0 Å². The van der Waals surface area contributed by atoms with Crippen molar-refractivity contribution in [2.24, 2.45) is 17.1 Å². The summed E-state index contributed by atoms with van der Waals surface area (Å²) in [5, 5.41) is 0. The highest BCUT2D eigenvalue weighted by Gasteiger charge is 2.36. The van der Waals surface area contributed by atoms with Gasteiger partial charge in [0.05, 0.1) is 5.92 Å². The predicted octanol–water partition coefficient (Wildman–Crippen LogP) is 2.03. The molecule has 0 bridgehead atoms. The third-order valence-corrected chi connectivity index (χ3v) is 4.88. The van der Waals surface area contributed by atoms with Crippen LogP contribution in [0.15, 0.2) is 0 Å². The standard InChI is InChI=1S/C17H31N3O2.ClH/c1-17(2,3)16(22)19-9-6-7-13(12-19)15(21)20-10-5-4-8-14(20)11-18;/h13-14H,4-12,18H2,1-3H3;1H. The summed E-state index contributed by atoms with van der Waals surface area (Å²) >= 11 is 0. The molecule has 2 unspecified atom stereocenters. The van der Waals surface area contributed by atoms with Gasteiger partial charge in [0.25, 0.3) is 0 Å². The Kier molecular flexibility index (Phi) is 7.33. The van der Waals surface area contributed by atoms with Crippen molar-refractivity contribution in [3.05, 3.63) is 0 Å². The summed E-state index contributed by atoms with van der Waals surface area (Å²) in [4.78, 5) is 29.2. The molecule has 2 saturated heterocycles. The summed E-state index contributed by atoms with van der Waals surface area (Å²) in [7, 11) is 0. The lowest BCUT2D eigenvalue weighted by molar-refractivity contribution is -0.146. The van der Waals surface area contributed by atoms with E-state index in [0.717, 1.165) is 45.2 Å². The Morgan fingerprint density at radius 1 is 1.09 bits per heavy atom. The first-order valence-corrected chi connectivity index (χ1v) is 8.64. The topological polar surface area (TPSA) is 66.6 Å². The summed E-state index contributed by atoms with van der Waals surface area (Å²) < 4.78 is 0. The molecular formula is C17H32ClN3O2. The van der Waals surface area contributed by atoms with Crippen LogP contribution in [0.1, 0.15) is 52.9 Å². The number of halogens is 1. The molecule has 5 nitrogen and oxygen atoms in total. The molecule has 0 aromatic carbocycles. The van der Waals surface area contributed by atoms with Gasteiger partial charge in [-0.1, -0.05) is 20.8 Å². The first-order chi connectivity index (χ1) is 10.3. The van der Waals surface area contributed by atoms with E-state index in [-0.39, 0.29) is 41.6 Å². The van der Waals surface area contributed by atoms with Crippen LogP contribution in [-0.2, 0) is 9.59 Å². The fourth-order valence-corrected chi connectivity index (χ4v) is 3.61. The van der Waals surface area contributed by atoms with Gasteiger partial charge in [0.1, 0.15) is 0 Å². The minimum Gasteiger partial charge on any atom is -0.341 e. The van der Waals surface area contributed by atoms with Crippen molar-refractivity contribution in [3.8, 4) is 0 Å². The van der Waals surface area contributed by atoms with E-state index in [1.54, 1.807) is 0 Å². The zero-order valence-corrected chi connectivity index (χ0v) is 15.5. The van der Waals surface area contributed by atoms with Gasteiger partial charge in [0, 0.05) is 37.6 Å². The van der Waals surface area contributed by atoms with E-state index in [1.807, 2.05) is 30.6 Å². The van der Waals surface area contributed by atoms with E-state index in [9.17, 15) is 9.59 Å². The van der Waals surface area contributed by atoms with Gasteiger partial charge < -0.3 is 15.5 Å². The van der Waals surface area contributed by atoms with Crippen molar-refractivity contribution in [1.29, 1.82) is 0 Å². The molecule has 0 saturated carbocycles. The van der Waals surface area contributed by atoms with Gasteiger partial charge in [-0.3, -0.25) is 9.59 Å². The maximum absolute atomic E-state index is 12.9. The second kappa shape index (κ2) is 8.34. The van der Waals surface area contributed by atoms with Crippen LogP contribution in [0.2, 0.25) is 0 Å². The smallest absolute Gasteiger partial charge is 0.227 e. The van der Waals surface area contributed by atoms with Gasteiger partial charge in [-0.25, -0.2) is 0 Å². The van der Waals surface area contributed by atoms with Crippen LogP contribution in [0.5, 0.6) is 0 Å². The van der Waals surface area contributed by atoms with E-state index in [2.05, 4.69) is 0 Å². The van der Waals surface area contributed by atoms with Crippen molar-refractivity contribution in [2.75, 3.05) is 26.2 Å². The number of hydrogen-bond acceptors (Lipinski definition) is 3. The van der Waals surface area contributed by atoms with Gasteiger partial charge in [-0.2, -0.15) is 0 Å². The third kappa shape index (κ3) is 4.83. The normalized spacial score (nSPS) is 25.7. The molecule has 2 fully saturated rings. The number of carbonyl (C=O) groups excluding carboxylic acids is 2. The lowest BCUT2D eigenvalue weighted by atomic mass is 9.90. The number of hydrogen-bond donors (Lipinski definition) is 1. The third-order valence-electron chi connectivity index (χ3n) is 4.88. The fraction of sp³-hybridized carbons (Fsp3) is 0.882. The lowest BCUT2D eigenvalue weighted by Crippen LogP contribution is -2.53. The molecule has 2 aliphatic rings.